The highest BCUT2D eigenvalue weighted by molar-refractivity contribution is 7.22. The van der Waals surface area contributed by atoms with Crippen molar-refractivity contribution in [1.82, 2.24) is 9.13 Å². The van der Waals surface area contributed by atoms with Crippen LogP contribution < -0.4 is 0 Å². The Hall–Kier alpha value is -7.00. The van der Waals surface area contributed by atoms with Crippen molar-refractivity contribution in [1.29, 1.82) is 0 Å². The zero-order valence-corrected chi connectivity index (χ0v) is 45.3. The van der Waals surface area contributed by atoms with Crippen molar-refractivity contribution in [2.45, 2.75) is 73.6 Å². The minimum atomic E-state index is 0.125. The lowest BCUT2D eigenvalue weighted by Crippen LogP contribution is -2.05. The third-order valence-corrected chi connectivity index (χ3v) is 17.4. The SMILES string of the molecule is CC(C)Cc1ccc(-c2cccc3c2C(=O)C(C)C3)s1.CC1Cc2cccc(-c3cc4ccccc4s3)c2C1=O.CC1Cc2cccc(-c3cccn3C)c2C1=O.CC1Cc2cccc(-c3ccn(C)c3)c2C1=O. The molecule has 4 heterocycles. The first-order valence-corrected chi connectivity index (χ1v) is 27.7. The second kappa shape index (κ2) is 21.1. The number of nitrogens with zero attached hydrogens (tertiary/aromatic N) is 2. The lowest BCUT2D eigenvalue weighted by atomic mass is 9.98. The molecule has 4 aromatic heterocycles. The molecule has 374 valence electrons. The fourth-order valence-electron chi connectivity index (χ4n) is 11.3. The molecule has 6 nitrogen and oxygen atoms in total. The third-order valence-electron chi connectivity index (χ3n) is 15.1. The van der Waals surface area contributed by atoms with E-state index in [2.05, 4.69) is 128 Å². The molecule has 8 heteroatoms. The van der Waals surface area contributed by atoms with E-state index in [1.165, 1.54) is 47.0 Å². The van der Waals surface area contributed by atoms with E-state index < -0.39 is 0 Å². The van der Waals surface area contributed by atoms with E-state index in [1.54, 1.807) is 11.3 Å². The Balaban J connectivity index is 0.000000113. The number of aryl methyl sites for hydroxylation is 2. The molecule has 4 aliphatic carbocycles. The molecule has 74 heavy (non-hydrogen) atoms. The van der Waals surface area contributed by atoms with Crippen LogP contribution in [0.15, 0.2) is 152 Å². The van der Waals surface area contributed by atoms with Gasteiger partial charge < -0.3 is 9.13 Å². The van der Waals surface area contributed by atoms with Gasteiger partial charge in [-0.1, -0.05) is 133 Å². The zero-order valence-electron chi connectivity index (χ0n) is 43.7. The average molecular weight is 1010 g/mol. The summed E-state index contributed by atoms with van der Waals surface area (Å²) in [7, 11) is 4.01. The first-order valence-electron chi connectivity index (χ1n) is 26.1. The molecule has 0 N–H and O–H groups in total. The number of rotatable bonds is 6. The largest absolute Gasteiger partial charge is 0.357 e. The Bertz CT molecular complexity index is 3580. The third kappa shape index (κ3) is 9.90. The van der Waals surface area contributed by atoms with E-state index in [0.29, 0.717) is 23.3 Å². The normalized spacial score (nSPS) is 18.1. The summed E-state index contributed by atoms with van der Waals surface area (Å²) in [6, 6.07) is 46.0. The Morgan fingerprint density at radius 3 is 1.46 bits per heavy atom. The van der Waals surface area contributed by atoms with Crippen LogP contribution in [0.25, 0.3) is 53.4 Å². The number of hydrogen-bond donors (Lipinski definition) is 0. The topological polar surface area (TPSA) is 78.1 Å². The number of Topliss-reactive ketones (excluding diaryl/α,β-unsaturated/α-hetero) is 4. The molecular formula is C66H64N2O4S2. The smallest absolute Gasteiger partial charge is 0.166 e. The Morgan fingerprint density at radius 2 is 0.973 bits per heavy atom. The average Bonchev–Trinajstić information content (AvgIpc) is 4.29. The summed E-state index contributed by atoms with van der Waals surface area (Å²) >= 11 is 3.60. The zero-order chi connectivity index (χ0) is 51.9. The maximum absolute atomic E-state index is 12.4. The fourth-order valence-corrected chi connectivity index (χ4v) is 13.7. The van der Waals surface area contributed by atoms with E-state index >= 15 is 0 Å². The van der Waals surface area contributed by atoms with Crippen LogP contribution in [-0.2, 0) is 46.2 Å². The van der Waals surface area contributed by atoms with Gasteiger partial charge in [0, 0.05) is 126 Å². The van der Waals surface area contributed by atoms with Crippen LogP contribution in [0.5, 0.6) is 0 Å². The molecule has 0 fully saturated rings. The summed E-state index contributed by atoms with van der Waals surface area (Å²) in [6.45, 7) is 12.6. The van der Waals surface area contributed by atoms with Crippen LogP contribution in [0.3, 0.4) is 0 Å². The molecule has 9 aromatic rings. The molecule has 4 aliphatic rings. The standard InChI is InChI=1S/C18H14OS.C18H20OS.2C15H15NO/c1-11-9-13-6-4-7-14(17(13)18(11)19)16-10-12-5-2-3-8-15(12)20-16;1-11(2)9-14-7-8-16(20-14)15-6-4-5-13-10-12(3)18(19)17(13)15;1-10-9-11-5-3-6-12(14(11)15(10)17)13-7-4-8-16(13)2;1-10-8-11-4-3-5-13(14(11)15(10)17)12-6-7-16(2)9-12/h2-8,10-11H,9H2,1H3;4-8,11-12H,9-10H2,1-3H3;3-8,10H,9H2,1-2H3;3-7,9-10H,8H2,1-2H3. The van der Waals surface area contributed by atoms with Crippen molar-refractivity contribution in [2.24, 2.45) is 43.7 Å². The van der Waals surface area contributed by atoms with Crippen molar-refractivity contribution in [3.8, 4) is 43.3 Å². The maximum Gasteiger partial charge on any atom is 0.166 e. The highest BCUT2D eigenvalue weighted by Crippen LogP contribution is 2.42. The first-order chi connectivity index (χ1) is 35.6. The molecule has 0 saturated carbocycles. The van der Waals surface area contributed by atoms with E-state index in [9.17, 15) is 19.2 Å². The number of fused-ring (bicyclic) bond motifs is 5. The van der Waals surface area contributed by atoms with Gasteiger partial charge in [0.15, 0.2) is 23.1 Å². The quantitative estimate of drug-likeness (QED) is 0.166. The van der Waals surface area contributed by atoms with Gasteiger partial charge in [0.05, 0.1) is 0 Å². The Morgan fingerprint density at radius 1 is 0.486 bits per heavy atom. The van der Waals surface area contributed by atoms with Gasteiger partial charge in [-0.25, -0.2) is 0 Å². The summed E-state index contributed by atoms with van der Waals surface area (Å²) in [5, 5.41) is 1.25. The molecule has 0 aliphatic heterocycles. The number of hydrogen-bond acceptors (Lipinski definition) is 6. The van der Waals surface area contributed by atoms with E-state index in [0.717, 1.165) is 87.9 Å². The van der Waals surface area contributed by atoms with Gasteiger partial charge in [0.25, 0.3) is 0 Å². The Kier molecular flexibility index (Phi) is 14.4. The Labute approximate surface area is 443 Å². The molecule has 0 amide bonds. The van der Waals surface area contributed by atoms with Crippen molar-refractivity contribution >= 4 is 55.9 Å². The molecular weight excluding hydrogens is 949 g/mol. The molecule has 4 atom stereocenters. The number of benzene rings is 5. The van der Waals surface area contributed by atoms with Gasteiger partial charge in [0.2, 0.25) is 0 Å². The van der Waals surface area contributed by atoms with Crippen LogP contribution in [-0.4, -0.2) is 32.3 Å². The number of ketones is 4. The second-order valence-electron chi connectivity index (χ2n) is 21.3. The number of carbonyl (C=O) groups excluding carboxylic acids is 4. The van der Waals surface area contributed by atoms with Gasteiger partial charge in [-0.15, -0.1) is 22.7 Å². The summed E-state index contributed by atoms with van der Waals surface area (Å²) in [5.74, 6) is 2.39. The van der Waals surface area contributed by atoms with Gasteiger partial charge in [-0.3, -0.25) is 19.2 Å². The highest BCUT2D eigenvalue weighted by Gasteiger charge is 2.33. The van der Waals surface area contributed by atoms with Crippen LogP contribution in [0.1, 0.15) is 110 Å². The second-order valence-corrected chi connectivity index (χ2v) is 23.6. The molecule has 13 rings (SSSR count). The summed E-state index contributed by atoms with van der Waals surface area (Å²) in [4.78, 5) is 53.0. The number of carbonyl (C=O) groups is 4. The molecule has 0 bridgehead atoms. The molecule has 5 aromatic carbocycles. The summed E-state index contributed by atoms with van der Waals surface area (Å²) < 4.78 is 5.35. The van der Waals surface area contributed by atoms with Crippen molar-refractivity contribution in [2.75, 3.05) is 0 Å². The minimum absolute atomic E-state index is 0.125. The fraction of sp³-hybridized carbons (Fsp3) is 0.273. The van der Waals surface area contributed by atoms with E-state index in [1.807, 2.05) is 100 Å². The van der Waals surface area contributed by atoms with E-state index in [-0.39, 0.29) is 29.5 Å². The minimum Gasteiger partial charge on any atom is -0.357 e. The van der Waals surface area contributed by atoms with Crippen molar-refractivity contribution < 1.29 is 19.2 Å². The van der Waals surface area contributed by atoms with Gasteiger partial charge >= 0.3 is 0 Å². The number of thiophene rings is 2. The predicted octanol–water partition coefficient (Wildman–Crippen LogP) is 16.1. The highest BCUT2D eigenvalue weighted by atomic mass is 32.1. The lowest BCUT2D eigenvalue weighted by molar-refractivity contribution is 0.0939. The summed E-state index contributed by atoms with van der Waals surface area (Å²) in [5.41, 5.74) is 15.3. The number of aromatic nitrogens is 2. The molecule has 0 radical (unpaired) electrons. The summed E-state index contributed by atoms with van der Waals surface area (Å²) in [6.07, 6.45) is 10.7. The van der Waals surface area contributed by atoms with Crippen LogP contribution in [0.2, 0.25) is 0 Å². The van der Waals surface area contributed by atoms with E-state index in [4.69, 9.17) is 0 Å². The van der Waals surface area contributed by atoms with Crippen molar-refractivity contribution in [3.05, 3.63) is 201 Å². The predicted molar refractivity (Wildman–Crippen MR) is 306 cm³/mol. The maximum atomic E-state index is 12.4. The van der Waals surface area contributed by atoms with Gasteiger partial charge in [0.1, 0.15) is 0 Å². The van der Waals surface area contributed by atoms with Crippen molar-refractivity contribution in [3.63, 3.8) is 0 Å². The molecule has 4 unspecified atom stereocenters. The monoisotopic (exact) mass is 1010 g/mol. The van der Waals surface area contributed by atoms with Crippen LogP contribution >= 0.6 is 22.7 Å². The van der Waals surface area contributed by atoms with Crippen LogP contribution in [0, 0.1) is 29.6 Å². The lowest BCUT2D eigenvalue weighted by Gasteiger charge is -2.08. The first kappa shape index (κ1) is 50.5. The van der Waals surface area contributed by atoms with Crippen LogP contribution in [0.4, 0.5) is 0 Å². The molecule has 0 saturated heterocycles. The van der Waals surface area contributed by atoms with Gasteiger partial charge in [-0.05, 0) is 114 Å². The molecule has 0 spiro atoms. The van der Waals surface area contributed by atoms with Gasteiger partial charge in [-0.2, -0.15) is 0 Å².